The maximum absolute atomic E-state index is 10.5. The molecule has 0 heterocycles. The zero-order chi connectivity index (χ0) is 18.2. The van der Waals surface area contributed by atoms with Crippen LogP contribution in [-0.2, 0) is 6.54 Å². The van der Waals surface area contributed by atoms with Gasteiger partial charge >= 0.3 is 0 Å². The maximum Gasteiger partial charge on any atom is 0.122 e. The lowest BCUT2D eigenvalue weighted by Gasteiger charge is -2.27. The molecular weight excluding hydrogens is 310 g/mol. The Morgan fingerprint density at radius 1 is 1.00 bits per heavy atom. The van der Waals surface area contributed by atoms with Crippen molar-refractivity contribution in [2.75, 3.05) is 19.7 Å². The van der Waals surface area contributed by atoms with Gasteiger partial charge in [0, 0.05) is 19.6 Å². The summed E-state index contributed by atoms with van der Waals surface area (Å²) in [6.07, 6.45) is -0.511. The van der Waals surface area contributed by atoms with Gasteiger partial charge in [-0.2, -0.15) is 0 Å². The zero-order valence-corrected chi connectivity index (χ0v) is 15.9. The molecule has 0 aromatic heterocycles. The summed E-state index contributed by atoms with van der Waals surface area (Å²) in [5.41, 5.74) is 3.65. The van der Waals surface area contributed by atoms with Crippen molar-refractivity contribution in [1.29, 1.82) is 0 Å². The van der Waals surface area contributed by atoms with E-state index in [4.69, 9.17) is 4.74 Å². The second-order valence-corrected chi connectivity index (χ2v) is 7.31. The Balaban J connectivity index is 1.92. The van der Waals surface area contributed by atoms with Crippen molar-refractivity contribution >= 4 is 0 Å². The highest BCUT2D eigenvalue weighted by Crippen LogP contribution is 2.17. The summed E-state index contributed by atoms with van der Waals surface area (Å²) in [6, 6.07) is 16.5. The molecule has 3 heteroatoms. The van der Waals surface area contributed by atoms with Crippen molar-refractivity contribution in [2.45, 2.75) is 40.3 Å². The zero-order valence-electron chi connectivity index (χ0n) is 15.9. The number of nitrogens with zero attached hydrogens (tertiary/aromatic N) is 1. The van der Waals surface area contributed by atoms with Crippen LogP contribution in [0.4, 0.5) is 0 Å². The molecular formula is C22H31NO2. The molecule has 2 aromatic carbocycles. The molecule has 0 radical (unpaired) electrons. The van der Waals surface area contributed by atoms with Crippen molar-refractivity contribution in [1.82, 2.24) is 4.90 Å². The SMILES string of the molecule is Cc1cccc(CN(CC(C)C)C[C@@H](O)COc2ccccc2C)c1. The molecule has 2 aromatic rings. The number of rotatable bonds is 9. The first kappa shape index (κ1) is 19.5. The predicted molar refractivity (Wildman–Crippen MR) is 104 cm³/mol. The van der Waals surface area contributed by atoms with Gasteiger partial charge in [0.25, 0.3) is 0 Å². The highest BCUT2D eigenvalue weighted by atomic mass is 16.5. The van der Waals surface area contributed by atoms with Gasteiger partial charge in [0.1, 0.15) is 18.5 Å². The molecule has 0 saturated carbocycles. The molecule has 0 unspecified atom stereocenters. The normalized spacial score (nSPS) is 12.6. The molecule has 25 heavy (non-hydrogen) atoms. The second kappa shape index (κ2) is 9.59. The van der Waals surface area contributed by atoms with E-state index in [9.17, 15) is 5.11 Å². The van der Waals surface area contributed by atoms with E-state index in [1.54, 1.807) is 0 Å². The Hall–Kier alpha value is -1.84. The summed E-state index contributed by atoms with van der Waals surface area (Å²) in [7, 11) is 0. The summed E-state index contributed by atoms with van der Waals surface area (Å²) >= 11 is 0. The number of ether oxygens (including phenoxy) is 1. The van der Waals surface area contributed by atoms with Crippen LogP contribution in [0, 0.1) is 19.8 Å². The van der Waals surface area contributed by atoms with Crippen LogP contribution >= 0.6 is 0 Å². The molecule has 3 nitrogen and oxygen atoms in total. The highest BCUT2D eigenvalue weighted by molar-refractivity contribution is 5.31. The van der Waals surface area contributed by atoms with Crippen molar-refractivity contribution in [3.05, 3.63) is 65.2 Å². The van der Waals surface area contributed by atoms with Crippen LogP contribution in [0.1, 0.15) is 30.5 Å². The van der Waals surface area contributed by atoms with Crippen molar-refractivity contribution < 1.29 is 9.84 Å². The van der Waals surface area contributed by atoms with Crippen LogP contribution in [0.15, 0.2) is 48.5 Å². The standard InChI is InChI=1S/C22H31NO2/c1-17(2)13-23(14-20-10-7-8-18(3)12-20)15-21(24)16-25-22-11-6-5-9-19(22)4/h5-12,17,21,24H,13-16H2,1-4H3/t21-/m1/s1. The van der Waals surface area contributed by atoms with Crippen LogP contribution in [0.3, 0.4) is 0 Å². The third-order valence-corrected chi connectivity index (χ3v) is 4.11. The summed E-state index contributed by atoms with van der Waals surface area (Å²) in [5, 5.41) is 10.5. The lowest BCUT2D eigenvalue weighted by molar-refractivity contribution is 0.0613. The minimum absolute atomic E-state index is 0.313. The largest absolute Gasteiger partial charge is 0.491 e. The van der Waals surface area contributed by atoms with Crippen molar-refractivity contribution in [3.63, 3.8) is 0 Å². The van der Waals surface area contributed by atoms with Crippen molar-refractivity contribution in [3.8, 4) is 5.75 Å². The minimum atomic E-state index is -0.511. The van der Waals surface area contributed by atoms with Crippen LogP contribution in [0.5, 0.6) is 5.75 Å². The first-order valence-corrected chi connectivity index (χ1v) is 9.08. The quantitative estimate of drug-likeness (QED) is 0.742. The summed E-state index contributed by atoms with van der Waals surface area (Å²) in [4.78, 5) is 2.31. The summed E-state index contributed by atoms with van der Waals surface area (Å²) < 4.78 is 5.80. The van der Waals surface area contributed by atoms with Crippen molar-refractivity contribution in [2.24, 2.45) is 5.92 Å². The average molecular weight is 341 g/mol. The van der Waals surface area contributed by atoms with Gasteiger partial charge in [0.2, 0.25) is 0 Å². The van der Waals surface area contributed by atoms with E-state index in [-0.39, 0.29) is 0 Å². The molecule has 2 rings (SSSR count). The number of hydrogen-bond donors (Lipinski definition) is 1. The summed E-state index contributed by atoms with van der Waals surface area (Å²) in [6.45, 7) is 11.3. The van der Waals surface area contributed by atoms with Crippen LogP contribution < -0.4 is 4.74 Å². The van der Waals surface area contributed by atoms with Gasteiger partial charge in [-0.15, -0.1) is 0 Å². The first-order chi connectivity index (χ1) is 11.9. The van der Waals surface area contributed by atoms with E-state index < -0.39 is 6.10 Å². The molecule has 0 saturated heterocycles. The maximum atomic E-state index is 10.5. The highest BCUT2D eigenvalue weighted by Gasteiger charge is 2.15. The van der Waals surface area contributed by atoms with E-state index in [1.807, 2.05) is 31.2 Å². The molecule has 0 bridgehead atoms. The fraction of sp³-hybridized carbons (Fsp3) is 0.455. The Labute approximate surface area is 152 Å². The molecule has 0 fully saturated rings. The number of aliphatic hydroxyl groups excluding tert-OH is 1. The topological polar surface area (TPSA) is 32.7 Å². The van der Waals surface area contributed by atoms with Crippen LogP contribution in [-0.4, -0.2) is 35.8 Å². The molecule has 0 amide bonds. The van der Waals surface area contributed by atoms with E-state index in [0.29, 0.717) is 19.1 Å². The lowest BCUT2D eigenvalue weighted by atomic mass is 10.1. The summed E-state index contributed by atoms with van der Waals surface area (Å²) in [5.74, 6) is 1.39. The number of hydrogen-bond acceptors (Lipinski definition) is 3. The lowest BCUT2D eigenvalue weighted by Crippen LogP contribution is -2.37. The predicted octanol–water partition coefficient (Wildman–Crippen LogP) is 4.20. The molecule has 1 atom stereocenters. The van der Waals surface area contributed by atoms with E-state index >= 15 is 0 Å². The van der Waals surface area contributed by atoms with Gasteiger partial charge in [-0.3, -0.25) is 4.90 Å². The average Bonchev–Trinajstić information content (AvgIpc) is 2.53. The molecule has 0 spiro atoms. The minimum Gasteiger partial charge on any atom is -0.491 e. The first-order valence-electron chi connectivity index (χ1n) is 9.08. The number of aryl methyl sites for hydroxylation is 2. The third-order valence-electron chi connectivity index (χ3n) is 4.11. The van der Waals surface area contributed by atoms with Gasteiger partial charge in [-0.1, -0.05) is 61.9 Å². The van der Waals surface area contributed by atoms with Gasteiger partial charge in [-0.25, -0.2) is 0 Å². The van der Waals surface area contributed by atoms with Gasteiger partial charge in [-0.05, 0) is 37.0 Å². The van der Waals surface area contributed by atoms with E-state index in [1.165, 1.54) is 11.1 Å². The molecule has 1 N–H and O–H groups in total. The molecule has 0 aliphatic carbocycles. The Morgan fingerprint density at radius 3 is 2.44 bits per heavy atom. The second-order valence-electron chi connectivity index (χ2n) is 7.31. The smallest absolute Gasteiger partial charge is 0.122 e. The molecule has 136 valence electrons. The fourth-order valence-corrected chi connectivity index (χ4v) is 3.04. The monoisotopic (exact) mass is 341 g/mol. The van der Waals surface area contributed by atoms with E-state index in [2.05, 4.69) is 49.9 Å². The van der Waals surface area contributed by atoms with E-state index in [0.717, 1.165) is 24.4 Å². The van der Waals surface area contributed by atoms with Gasteiger partial charge in [0.05, 0.1) is 0 Å². The molecule has 0 aliphatic heterocycles. The van der Waals surface area contributed by atoms with Crippen LogP contribution in [0.25, 0.3) is 0 Å². The number of benzene rings is 2. The number of para-hydroxylation sites is 1. The van der Waals surface area contributed by atoms with Crippen LogP contribution in [0.2, 0.25) is 0 Å². The Bertz CT molecular complexity index is 654. The Morgan fingerprint density at radius 2 is 1.76 bits per heavy atom. The Kier molecular flexibility index (Phi) is 7.48. The number of aliphatic hydroxyl groups is 1. The third kappa shape index (κ3) is 6.89. The molecule has 0 aliphatic rings. The van der Waals surface area contributed by atoms with Gasteiger partial charge < -0.3 is 9.84 Å². The van der Waals surface area contributed by atoms with Gasteiger partial charge in [0.15, 0.2) is 0 Å². The fourth-order valence-electron chi connectivity index (χ4n) is 3.04.